The van der Waals surface area contributed by atoms with Gasteiger partial charge in [0.25, 0.3) is 6.43 Å². The van der Waals surface area contributed by atoms with Crippen LogP contribution in [0.5, 0.6) is 11.5 Å². The van der Waals surface area contributed by atoms with Gasteiger partial charge in [-0.1, -0.05) is 12.1 Å². The van der Waals surface area contributed by atoms with Crippen LogP contribution in [0.25, 0.3) is 22.0 Å². The molecule has 1 aliphatic carbocycles. The highest BCUT2D eigenvalue weighted by Gasteiger charge is 2.65. The number of nitrogens with one attached hydrogen (secondary N) is 3. The summed E-state index contributed by atoms with van der Waals surface area (Å²) in [6.07, 6.45) is 1.39. The Bertz CT molecular complexity index is 1820. The fourth-order valence-corrected chi connectivity index (χ4v) is 5.91. The number of carbonyl (C=O) groups is 1. The van der Waals surface area contributed by atoms with Crippen molar-refractivity contribution in [2.24, 2.45) is 0 Å². The fourth-order valence-electron chi connectivity index (χ4n) is 5.91. The molecule has 1 spiro atoms. The Balaban J connectivity index is 1.17. The Kier molecular flexibility index (Phi) is 5.70. The Hall–Kier alpha value is -4.93. The highest BCUT2D eigenvalue weighted by Crippen LogP contribution is 2.65. The van der Waals surface area contributed by atoms with Crippen LogP contribution in [-0.2, 0) is 16.8 Å². The summed E-state index contributed by atoms with van der Waals surface area (Å²) in [5.74, 6) is 2.00. The number of fused-ring (bicyclic) bond motifs is 3. The number of ether oxygens (including phenoxy) is 2. The monoisotopic (exact) mass is 556 g/mol. The molecule has 11 heteroatoms. The number of carbonyl (C=O) groups excluding carboxylic acids is 1. The summed E-state index contributed by atoms with van der Waals surface area (Å²) >= 11 is 0. The van der Waals surface area contributed by atoms with Crippen LogP contribution in [0.3, 0.4) is 0 Å². The molecule has 1 fully saturated rings. The number of rotatable bonds is 8. The number of hydrogen-bond acceptors (Lipinski definition) is 6. The van der Waals surface area contributed by atoms with Crippen LogP contribution in [0.1, 0.15) is 23.5 Å². The second-order valence-electron chi connectivity index (χ2n) is 10.4. The van der Waals surface area contributed by atoms with E-state index in [1.165, 1.54) is 4.68 Å². The number of anilines is 3. The van der Waals surface area contributed by atoms with E-state index in [2.05, 4.69) is 25.9 Å². The van der Waals surface area contributed by atoms with Gasteiger partial charge in [0, 0.05) is 28.8 Å². The molecule has 208 valence electrons. The van der Waals surface area contributed by atoms with E-state index in [4.69, 9.17) is 9.47 Å². The van der Waals surface area contributed by atoms with Gasteiger partial charge in [-0.25, -0.2) is 8.78 Å². The molecule has 2 atom stereocenters. The number of alkyl halides is 2. The summed E-state index contributed by atoms with van der Waals surface area (Å²) in [6.45, 7) is -0.462. The van der Waals surface area contributed by atoms with Gasteiger partial charge in [0.1, 0.15) is 18.0 Å². The van der Waals surface area contributed by atoms with E-state index in [-0.39, 0.29) is 11.8 Å². The van der Waals surface area contributed by atoms with Crippen molar-refractivity contribution < 1.29 is 23.0 Å². The van der Waals surface area contributed by atoms with Crippen molar-refractivity contribution in [3.8, 4) is 22.6 Å². The van der Waals surface area contributed by atoms with E-state index in [0.29, 0.717) is 22.8 Å². The van der Waals surface area contributed by atoms with Crippen LogP contribution >= 0.6 is 0 Å². The zero-order chi connectivity index (χ0) is 28.3. The van der Waals surface area contributed by atoms with Crippen molar-refractivity contribution in [3.63, 3.8) is 0 Å². The summed E-state index contributed by atoms with van der Waals surface area (Å²) in [4.78, 5) is 13.1. The number of aromatic nitrogens is 4. The van der Waals surface area contributed by atoms with Gasteiger partial charge in [-0.2, -0.15) is 10.2 Å². The molecule has 7 rings (SSSR count). The molecule has 3 N–H and O–H groups in total. The lowest BCUT2D eigenvalue weighted by atomic mass is 9.91. The van der Waals surface area contributed by atoms with E-state index in [0.717, 1.165) is 45.5 Å². The number of methoxy groups -OCH3 is 2. The lowest BCUT2D eigenvalue weighted by Gasteiger charge is -2.12. The second kappa shape index (κ2) is 9.33. The molecular formula is C30H26F2N6O3. The molecule has 0 bridgehead atoms. The molecular weight excluding hydrogens is 530 g/mol. The SMILES string of the molecule is COc1ccc2c(c1)[C@]1(C[C@H]1c1ccc3c(Nc4cc(-c5cnn(CC(F)F)c5)ccc4OC)n[nH]c3c1)C(=O)N2. The number of amides is 1. The Morgan fingerprint density at radius 3 is 2.78 bits per heavy atom. The predicted molar refractivity (Wildman–Crippen MR) is 150 cm³/mol. The normalized spacial score (nSPS) is 19.0. The van der Waals surface area contributed by atoms with Gasteiger partial charge in [-0.05, 0) is 65.6 Å². The van der Waals surface area contributed by atoms with Gasteiger partial charge in [0.05, 0.1) is 37.0 Å². The van der Waals surface area contributed by atoms with Gasteiger partial charge in [-0.15, -0.1) is 0 Å². The summed E-state index contributed by atoms with van der Waals surface area (Å²) in [5, 5.41) is 18.9. The molecule has 0 radical (unpaired) electrons. The van der Waals surface area contributed by atoms with E-state index in [9.17, 15) is 13.6 Å². The molecule has 1 aliphatic heterocycles. The third kappa shape index (κ3) is 4.07. The molecule has 5 aromatic rings. The van der Waals surface area contributed by atoms with Gasteiger partial charge in [0.2, 0.25) is 5.91 Å². The minimum absolute atomic E-state index is 0.0181. The van der Waals surface area contributed by atoms with Crippen molar-refractivity contribution in [2.45, 2.75) is 30.7 Å². The zero-order valence-corrected chi connectivity index (χ0v) is 22.2. The molecule has 2 aliphatic rings. The maximum Gasteiger partial charge on any atom is 0.257 e. The van der Waals surface area contributed by atoms with Crippen molar-refractivity contribution in [1.82, 2.24) is 20.0 Å². The van der Waals surface area contributed by atoms with Gasteiger partial charge in [-0.3, -0.25) is 14.6 Å². The van der Waals surface area contributed by atoms with Crippen LogP contribution in [-0.4, -0.2) is 46.5 Å². The molecule has 0 unspecified atom stereocenters. The van der Waals surface area contributed by atoms with Gasteiger partial charge in [0.15, 0.2) is 5.82 Å². The maximum atomic E-state index is 13.1. The number of aromatic amines is 1. The van der Waals surface area contributed by atoms with Crippen molar-refractivity contribution in [1.29, 1.82) is 0 Å². The molecule has 0 saturated heterocycles. The Morgan fingerprint density at radius 1 is 1.10 bits per heavy atom. The van der Waals surface area contributed by atoms with Crippen LogP contribution < -0.4 is 20.1 Å². The van der Waals surface area contributed by atoms with E-state index >= 15 is 0 Å². The standard InChI is InChI=1S/C30H26F2N6O3/c1-40-19-5-7-23-21(11-19)30(29(39)35-23)12-22(30)17-3-6-20-24(10-17)36-37-28(20)34-25-9-16(4-8-26(25)41-2)18-13-33-38(14-18)15-27(31)32/h3-11,13-14,22,27H,12,15H2,1-2H3,(H,35,39)(H2,34,36,37)/t22-,30-/m0/s1. The molecule has 2 aromatic heterocycles. The molecule has 1 amide bonds. The number of halogens is 2. The van der Waals surface area contributed by atoms with E-state index < -0.39 is 18.4 Å². The number of benzene rings is 3. The molecule has 3 aromatic carbocycles. The first-order chi connectivity index (χ1) is 19.9. The first kappa shape index (κ1) is 25.1. The average Bonchev–Trinajstić information content (AvgIpc) is 3.19. The smallest absolute Gasteiger partial charge is 0.257 e. The summed E-state index contributed by atoms with van der Waals surface area (Å²) < 4.78 is 37.7. The minimum atomic E-state index is -2.48. The van der Waals surface area contributed by atoms with E-state index in [1.807, 2.05) is 48.5 Å². The van der Waals surface area contributed by atoms with Crippen molar-refractivity contribution >= 4 is 34.0 Å². The maximum absolute atomic E-state index is 13.1. The topological polar surface area (TPSA) is 106 Å². The van der Waals surface area contributed by atoms with Crippen LogP contribution in [0.4, 0.5) is 26.0 Å². The summed E-state index contributed by atoms with van der Waals surface area (Å²) in [5.41, 5.74) is 5.28. The highest BCUT2D eigenvalue weighted by atomic mass is 19.3. The summed E-state index contributed by atoms with van der Waals surface area (Å²) in [7, 11) is 3.20. The highest BCUT2D eigenvalue weighted by molar-refractivity contribution is 6.10. The first-order valence-corrected chi connectivity index (χ1v) is 13.1. The predicted octanol–water partition coefficient (Wildman–Crippen LogP) is 5.83. The average molecular weight is 557 g/mol. The Morgan fingerprint density at radius 2 is 1.98 bits per heavy atom. The van der Waals surface area contributed by atoms with Crippen LogP contribution in [0, 0.1) is 0 Å². The van der Waals surface area contributed by atoms with Crippen molar-refractivity contribution in [3.05, 3.63) is 78.1 Å². The quantitative estimate of drug-likeness (QED) is 0.222. The summed E-state index contributed by atoms with van der Waals surface area (Å²) in [6, 6.07) is 17.3. The fraction of sp³-hybridized carbons (Fsp3) is 0.233. The minimum Gasteiger partial charge on any atom is -0.497 e. The first-order valence-electron chi connectivity index (χ1n) is 13.1. The second-order valence-corrected chi connectivity index (χ2v) is 10.4. The number of H-pyrrole nitrogens is 1. The number of hydrogen-bond donors (Lipinski definition) is 3. The van der Waals surface area contributed by atoms with Crippen LogP contribution in [0.2, 0.25) is 0 Å². The number of nitrogens with zero attached hydrogens (tertiary/aromatic N) is 3. The lowest BCUT2D eigenvalue weighted by Crippen LogP contribution is -2.21. The third-order valence-corrected chi connectivity index (χ3v) is 8.06. The van der Waals surface area contributed by atoms with Crippen molar-refractivity contribution in [2.75, 3.05) is 24.9 Å². The van der Waals surface area contributed by atoms with Gasteiger partial charge >= 0.3 is 0 Å². The van der Waals surface area contributed by atoms with Crippen LogP contribution in [0.15, 0.2) is 67.0 Å². The molecule has 9 nitrogen and oxygen atoms in total. The third-order valence-electron chi connectivity index (χ3n) is 8.06. The largest absolute Gasteiger partial charge is 0.497 e. The van der Waals surface area contributed by atoms with Gasteiger partial charge < -0.3 is 20.1 Å². The lowest BCUT2D eigenvalue weighted by molar-refractivity contribution is -0.118. The van der Waals surface area contributed by atoms with E-state index in [1.54, 1.807) is 32.7 Å². The molecule has 1 saturated carbocycles. The molecule has 3 heterocycles. The Labute approximate surface area is 233 Å². The molecule has 41 heavy (non-hydrogen) atoms. The zero-order valence-electron chi connectivity index (χ0n) is 22.2.